The number of allylic oxidation sites excluding steroid dienone is 4. The van der Waals surface area contributed by atoms with E-state index < -0.39 is 0 Å². The van der Waals surface area contributed by atoms with Crippen molar-refractivity contribution in [1.82, 2.24) is 0 Å². The summed E-state index contributed by atoms with van der Waals surface area (Å²) in [5, 5.41) is 0. The van der Waals surface area contributed by atoms with Crippen molar-refractivity contribution in [1.29, 1.82) is 0 Å². The van der Waals surface area contributed by atoms with Crippen molar-refractivity contribution in [3.8, 4) is 0 Å². The summed E-state index contributed by atoms with van der Waals surface area (Å²) >= 11 is 0. The molecule has 0 saturated heterocycles. The van der Waals surface area contributed by atoms with Crippen LogP contribution < -0.4 is 0 Å². The minimum absolute atomic E-state index is 0.329. The van der Waals surface area contributed by atoms with Crippen LogP contribution in [0.3, 0.4) is 0 Å². The molecular weight excluding hydrogens is 408 g/mol. The number of hydrogen-bond donors (Lipinski definition) is 0. The highest BCUT2D eigenvalue weighted by Crippen LogP contribution is 2.74. The lowest BCUT2D eigenvalue weighted by molar-refractivity contribution is -0.122. The molecule has 4 aliphatic rings. The van der Waals surface area contributed by atoms with Gasteiger partial charge in [-0.25, -0.2) is 0 Å². The van der Waals surface area contributed by atoms with E-state index in [0.29, 0.717) is 27.1 Å². The highest BCUT2D eigenvalue weighted by Gasteiger charge is 2.66. The standard InChI is InChI=1S/C34H58/c1-23(2)13-12-14-24(3)25-17-21-34(11)27-15-16-29-31(7,8)28(30(4,5)6)19-20-32(29,9)26(27)18-22-33(25,34)10/h13,16,24-28H,12,14-15,17-22H2,1-11H3. The predicted molar refractivity (Wildman–Crippen MR) is 150 cm³/mol. The normalized spacial score (nSPS) is 44.4. The van der Waals surface area contributed by atoms with Gasteiger partial charge in [0, 0.05) is 0 Å². The Balaban J connectivity index is 1.62. The van der Waals surface area contributed by atoms with Gasteiger partial charge in [0.1, 0.15) is 0 Å². The fourth-order valence-electron chi connectivity index (χ4n) is 11.1. The second-order valence-corrected chi connectivity index (χ2v) is 16.0. The van der Waals surface area contributed by atoms with Gasteiger partial charge in [-0.15, -0.1) is 0 Å². The highest BCUT2D eigenvalue weighted by molar-refractivity contribution is 5.32. The summed E-state index contributed by atoms with van der Waals surface area (Å²) in [6.07, 6.45) is 18.0. The van der Waals surface area contributed by atoms with Gasteiger partial charge in [-0.3, -0.25) is 0 Å². The Morgan fingerprint density at radius 2 is 1.59 bits per heavy atom. The van der Waals surface area contributed by atoms with Crippen LogP contribution >= 0.6 is 0 Å². The summed E-state index contributed by atoms with van der Waals surface area (Å²) in [5.41, 5.74) is 5.52. The van der Waals surface area contributed by atoms with Gasteiger partial charge in [0.2, 0.25) is 0 Å². The molecule has 8 atom stereocenters. The van der Waals surface area contributed by atoms with E-state index in [-0.39, 0.29) is 0 Å². The Morgan fingerprint density at radius 1 is 0.941 bits per heavy atom. The summed E-state index contributed by atoms with van der Waals surface area (Å²) in [6.45, 7) is 27.9. The lowest BCUT2D eigenvalue weighted by atomic mass is 9.39. The van der Waals surface area contributed by atoms with Crippen molar-refractivity contribution in [2.45, 2.75) is 134 Å². The van der Waals surface area contributed by atoms with Crippen molar-refractivity contribution in [3.63, 3.8) is 0 Å². The van der Waals surface area contributed by atoms with Crippen LogP contribution in [0.2, 0.25) is 0 Å². The summed E-state index contributed by atoms with van der Waals surface area (Å²) in [7, 11) is 0. The Bertz CT molecular complexity index is 829. The molecule has 3 fully saturated rings. The molecule has 0 aliphatic heterocycles. The van der Waals surface area contributed by atoms with Gasteiger partial charge in [-0.2, -0.15) is 0 Å². The van der Waals surface area contributed by atoms with E-state index in [2.05, 4.69) is 88.3 Å². The molecule has 194 valence electrons. The van der Waals surface area contributed by atoms with Gasteiger partial charge < -0.3 is 0 Å². The van der Waals surface area contributed by atoms with Crippen molar-refractivity contribution < 1.29 is 0 Å². The molecule has 34 heavy (non-hydrogen) atoms. The number of hydrogen-bond acceptors (Lipinski definition) is 0. The average molecular weight is 467 g/mol. The average Bonchev–Trinajstić information content (AvgIpc) is 2.97. The monoisotopic (exact) mass is 466 g/mol. The van der Waals surface area contributed by atoms with E-state index in [0.717, 1.165) is 29.6 Å². The Labute approximate surface area is 213 Å². The molecule has 0 aromatic rings. The van der Waals surface area contributed by atoms with Gasteiger partial charge in [0.25, 0.3) is 0 Å². The maximum Gasteiger partial charge on any atom is -0.00796 e. The second kappa shape index (κ2) is 8.52. The van der Waals surface area contributed by atoms with Crippen LogP contribution in [0.4, 0.5) is 0 Å². The lowest BCUT2D eigenvalue weighted by Crippen LogP contribution is -2.58. The molecule has 0 amide bonds. The Morgan fingerprint density at radius 3 is 2.21 bits per heavy atom. The summed E-state index contributed by atoms with van der Waals surface area (Å²) in [5.74, 6) is 4.33. The molecule has 0 heterocycles. The molecule has 3 saturated carbocycles. The van der Waals surface area contributed by atoms with Crippen LogP contribution in [0.25, 0.3) is 0 Å². The Kier molecular flexibility index (Phi) is 6.65. The fraction of sp³-hybridized carbons (Fsp3) is 0.882. The van der Waals surface area contributed by atoms with Gasteiger partial charge in [0.05, 0.1) is 0 Å². The lowest BCUT2D eigenvalue weighted by Gasteiger charge is -2.66. The van der Waals surface area contributed by atoms with Gasteiger partial charge in [0.15, 0.2) is 0 Å². The number of fused-ring (bicyclic) bond motifs is 5. The van der Waals surface area contributed by atoms with E-state index in [1.807, 2.05) is 5.57 Å². The van der Waals surface area contributed by atoms with Crippen molar-refractivity contribution in [3.05, 3.63) is 23.3 Å². The third-order valence-corrected chi connectivity index (χ3v) is 12.8. The quantitative estimate of drug-likeness (QED) is 0.361. The first-order valence-electron chi connectivity index (χ1n) is 14.9. The number of rotatable bonds is 4. The van der Waals surface area contributed by atoms with Gasteiger partial charge >= 0.3 is 0 Å². The largest absolute Gasteiger partial charge is 0.0859 e. The molecule has 0 nitrogen and oxygen atoms in total. The third kappa shape index (κ3) is 3.82. The zero-order valence-electron chi connectivity index (χ0n) is 24.9. The minimum Gasteiger partial charge on any atom is -0.0859 e. The van der Waals surface area contributed by atoms with Crippen molar-refractivity contribution in [2.75, 3.05) is 0 Å². The van der Waals surface area contributed by atoms with Crippen LogP contribution in [-0.2, 0) is 0 Å². The van der Waals surface area contributed by atoms with E-state index in [9.17, 15) is 0 Å². The maximum absolute atomic E-state index is 2.81. The molecule has 0 aromatic carbocycles. The van der Waals surface area contributed by atoms with E-state index in [1.54, 1.807) is 0 Å². The molecule has 0 aromatic heterocycles. The second-order valence-electron chi connectivity index (χ2n) is 16.0. The van der Waals surface area contributed by atoms with Crippen molar-refractivity contribution >= 4 is 0 Å². The first kappa shape index (κ1) is 26.5. The maximum atomic E-state index is 2.81. The van der Waals surface area contributed by atoms with E-state index in [1.165, 1.54) is 63.4 Å². The molecule has 0 radical (unpaired) electrons. The Hall–Kier alpha value is -0.520. The smallest absolute Gasteiger partial charge is 0.00796 e. The molecule has 4 aliphatic carbocycles. The van der Waals surface area contributed by atoms with Gasteiger partial charge in [-0.05, 0) is 128 Å². The highest BCUT2D eigenvalue weighted by atomic mass is 14.7. The zero-order chi connectivity index (χ0) is 25.3. The van der Waals surface area contributed by atoms with Crippen LogP contribution in [0, 0.1) is 56.7 Å². The van der Waals surface area contributed by atoms with Crippen LogP contribution in [0.5, 0.6) is 0 Å². The summed E-state index contributed by atoms with van der Waals surface area (Å²) < 4.78 is 0. The molecule has 8 unspecified atom stereocenters. The summed E-state index contributed by atoms with van der Waals surface area (Å²) in [4.78, 5) is 0. The summed E-state index contributed by atoms with van der Waals surface area (Å²) in [6, 6.07) is 0. The van der Waals surface area contributed by atoms with Crippen LogP contribution in [0.1, 0.15) is 134 Å². The minimum atomic E-state index is 0.329. The molecule has 0 spiro atoms. The van der Waals surface area contributed by atoms with Crippen LogP contribution in [0.15, 0.2) is 23.3 Å². The third-order valence-electron chi connectivity index (χ3n) is 12.8. The van der Waals surface area contributed by atoms with E-state index >= 15 is 0 Å². The van der Waals surface area contributed by atoms with Crippen molar-refractivity contribution in [2.24, 2.45) is 56.7 Å². The molecule has 0 bridgehead atoms. The molecule has 0 heteroatoms. The molecular formula is C34H58. The van der Waals surface area contributed by atoms with Crippen LogP contribution in [-0.4, -0.2) is 0 Å². The first-order valence-corrected chi connectivity index (χ1v) is 14.9. The molecule has 4 rings (SSSR count). The fourth-order valence-corrected chi connectivity index (χ4v) is 11.1. The predicted octanol–water partition coefficient (Wildman–Crippen LogP) is 10.6. The first-order chi connectivity index (χ1) is 15.6. The zero-order valence-corrected chi connectivity index (χ0v) is 24.9. The SMILES string of the molecule is CC(C)=CCCC(C)C1CCC2(C)C3CC=C4C(C)(C)C(C(C)(C)C)CCC4(C)C3CCC12C. The topological polar surface area (TPSA) is 0 Å². The van der Waals surface area contributed by atoms with E-state index in [4.69, 9.17) is 0 Å². The van der Waals surface area contributed by atoms with Gasteiger partial charge in [-0.1, -0.05) is 85.6 Å². The molecule has 0 N–H and O–H groups in total.